The third-order valence-corrected chi connectivity index (χ3v) is 6.44. The highest BCUT2D eigenvalue weighted by molar-refractivity contribution is 7.90. The van der Waals surface area contributed by atoms with E-state index >= 15 is 0 Å². The monoisotopic (exact) mass is 409 g/mol. The van der Waals surface area contributed by atoms with Gasteiger partial charge in [-0.25, -0.2) is 21.6 Å². The first kappa shape index (κ1) is 18.9. The van der Waals surface area contributed by atoms with E-state index in [1.165, 1.54) is 48.7 Å². The van der Waals surface area contributed by atoms with E-state index in [-0.39, 0.29) is 16.0 Å². The summed E-state index contributed by atoms with van der Waals surface area (Å²) in [5.74, 6) is -1.60. The molecule has 0 unspecified atom stereocenters. The second-order valence-corrected chi connectivity index (χ2v) is 8.52. The molecule has 0 aliphatic rings. The van der Waals surface area contributed by atoms with Crippen molar-refractivity contribution in [2.24, 2.45) is 0 Å². The predicted octanol–water partition coefficient (Wildman–Crippen LogP) is 4.69. The minimum absolute atomic E-state index is 0.0945. The number of carboxylic acid groups (broad SMARTS) is 1. The first-order valence-corrected chi connectivity index (χ1v) is 10.2. The summed E-state index contributed by atoms with van der Waals surface area (Å²) in [5, 5.41) is 9.63. The van der Waals surface area contributed by atoms with Crippen molar-refractivity contribution in [1.82, 2.24) is 3.97 Å². The largest absolute Gasteiger partial charge is 0.478 e. The molecular weight excluding hydrogens is 393 g/mol. The molecule has 0 spiro atoms. The molecule has 0 radical (unpaired) electrons. The van der Waals surface area contributed by atoms with Crippen molar-refractivity contribution in [2.45, 2.75) is 11.8 Å². The van der Waals surface area contributed by atoms with Gasteiger partial charge in [0.15, 0.2) is 0 Å². The number of hydrogen-bond acceptors (Lipinski definition) is 3. The van der Waals surface area contributed by atoms with Crippen LogP contribution < -0.4 is 0 Å². The molecule has 0 aliphatic heterocycles. The summed E-state index contributed by atoms with van der Waals surface area (Å²) in [6.07, 6.45) is 1.44. The molecule has 4 aromatic rings. The van der Waals surface area contributed by atoms with E-state index in [2.05, 4.69) is 0 Å². The van der Waals surface area contributed by atoms with Crippen molar-refractivity contribution >= 4 is 26.9 Å². The Kier molecular flexibility index (Phi) is 4.47. The molecule has 0 amide bonds. The molecule has 5 nitrogen and oxygen atoms in total. The Morgan fingerprint density at radius 1 is 0.966 bits per heavy atom. The maximum Gasteiger partial charge on any atom is 0.335 e. The number of carboxylic acids is 1. The minimum atomic E-state index is -3.95. The van der Waals surface area contributed by atoms with Gasteiger partial charge in [0.2, 0.25) is 0 Å². The van der Waals surface area contributed by atoms with Crippen LogP contribution in [0.5, 0.6) is 0 Å². The first-order valence-electron chi connectivity index (χ1n) is 8.74. The number of rotatable bonds is 4. The Morgan fingerprint density at radius 3 is 2.24 bits per heavy atom. The number of aryl methyl sites for hydroxylation is 1. The van der Waals surface area contributed by atoms with Gasteiger partial charge in [-0.15, -0.1) is 0 Å². The topological polar surface area (TPSA) is 76.4 Å². The number of carbonyl (C=O) groups is 1. The number of benzene rings is 3. The fourth-order valence-electron chi connectivity index (χ4n) is 3.22. The van der Waals surface area contributed by atoms with E-state index < -0.39 is 21.8 Å². The zero-order valence-corrected chi connectivity index (χ0v) is 16.2. The first-order chi connectivity index (χ1) is 13.8. The zero-order chi connectivity index (χ0) is 20.8. The molecule has 7 heteroatoms. The van der Waals surface area contributed by atoms with Gasteiger partial charge in [0.25, 0.3) is 10.0 Å². The van der Waals surface area contributed by atoms with Gasteiger partial charge in [-0.1, -0.05) is 29.8 Å². The molecule has 146 valence electrons. The number of fused-ring (bicyclic) bond motifs is 1. The summed E-state index contributed by atoms with van der Waals surface area (Å²) in [4.78, 5) is 11.2. The van der Waals surface area contributed by atoms with E-state index in [0.29, 0.717) is 16.5 Å². The van der Waals surface area contributed by atoms with Gasteiger partial charge < -0.3 is 5.11 Å². The Bertz CT molecular complexity index is 1340. The van der Waals surface area contributed by atoms with Crippen LogP contribution >= 0.6 is 0 Å². The fourth-order valence-corrected chi connectivity index (χ4v) is 4.58. The molecule has 0 saturated carbocycles. The lowest BCUT2D eigenvalue weighted by Crippen LogP contribution is -2.11. The van der Waals surface area contributed by atoms with Crippen LogP contribution in [0.3, 0.4) is 0 Å². The van der Waals surface area contributed by atoms with Crippen molar-refractivity contribution in [3.05, 3.63) is 89.9 Å². The highest BCUT2D eigenvalue weighted by Crippen LogP contribution is 2.33. The fraction of sp³-hybridized carbons (Fsp3) is 0.0455. The van der Waals surface area contributed by atoms with Crippen LogP contribution in [0.25, 0.3) is 22.0 Å². The average Bonchev–Trinajstić information content (AvgIpc) is 3.07. The van der Waals surface area contributed by atoms with Gasteiger partial charge in [0.05, 0.1) is 16.0 Å². The van der Waals surface area contributed by atoms with Gasteiger partial charge >= 0.3 is 5.97 Å². The van der Waals surface area contributed by atoms with Crippen LogP contribution in [-0.2, 0) is 10.0 Å². The van der Waals surface area contributed by atoms with Crippen LogP contribution in [0.4, 0.5) is 4.39 Å². The molecule has 1 aromatic heterocycles. The van der Waals surface area contributed by atoms with Crippen molar-refractivity contribution in [2.75, 3.05) is 0 Å². The van der Waals surface area contributed by atoms with Gasteiger partial charge in [-0.2, -0.15) is 0 Å². The molecule has 0 fully saturated rings. The Morgan fingerprint density at radius 2 is 1.62 bits per heavy atom. The smallest absolute Gasteiger partial charge is 0.335 e. The van der Waals surface area contributed by atoms with Crippen molar-refractivity contribution < 1.29 is 22.7 Å². The molecule has 3 aromatic carbocycles. The molecule has 4 rings (SSSR count). The molecular formula is C22H16FNO4S. The SMILES string of the molecule is Cc1ccc(S(=O)(=O)n2cc(-c3ccc(C(=O)O)cc3)c3ccc(F)cc32)cc1. The van der Waals surface area contributed by atoms with Crippen LogP contribution in [0.2, 0.25) is 0 Å². The molecule has 0 atom stereocenters. The number of hydrogen-bond donors (Lipinski definition) is 1. The minimum Gasteiger partial charge on any atom is -0.478 e. The molecule has 1 heterocycles. The van der Waals surface area contributed by atoms with Crippen LogP contribution in [0, 0.1) is 12.7 Å². The van der Waals surface area contributed by atoms with E-state index in [9.17, 15) is 17.6 Å². The van der Waals surface area contributed by atoms with E-state index in [0.717, 1.165) is 9.54 Å². The lowest BCUT2D eigenvalue weighted by molar-refractivity contribution is 0.0697. The van der Waals surface area contributed by atoms with Crippen LogP contribution in [0.1, 0.15) is 15.9 Å². The highest BCUT2D eigenvalue weighted by atomic mass is 32.2. The molecule has 29 heavy (non-hydrogen) atoms. The highest BCUT2D eigenvalue weighted by Gasteiger charge is 2.22. The van der Waals surface area contributed by atoms with Gasteiger partial charge in [0.1, 0.15) is 5.82 Å². The summed E-state index contributed by atoms with van der Waals surface area (Å²) in [7, 11) is -3.95. The summed E-state index contributed by atoms with van der Waals surface area (Å²) in [6, 6.07) is 16.5. The Balaban J connectivity index is 1.95. The van der Waals surface area contributed by atoms with Crippen molar-refractivity contribution in [3.63, 3.8) is 0 Å². The summed E-state index contributed by atoms with van der Waals surface area (Å²) in [6.45, 7) is 1.86. The lowest BCUT2D eigenvalue weighted by atomic mass is 10.0. The van der Waals surface area contributed by atoms with E-state index in [1.807, 2.05) is 6.92 Å². The molecule has 0 bridgehead atoms. The maximum atomic E-state index is 13.9. The van der Waals surface area contributed by atoms with Crippen molar-refractivity contribution in [1.29, 1.82) is 0 Å². The van der Waals surface area contributed by atoms with Crippen LogP contribution in [0.15, 0.2) is 77.8 Å². The predicted molar refractivity (Wildman–Crippen MR) is 108 cm³/mol. The van der Waals surface area contributed by atoms with Gasteiger partial charge in [-0.05, 0) is 55.0 Å². The number of aromatic carboxylic acids is 1. The zero-order valence-electron chi connectivity index (χ0n) is 15.3. The van der Waals surface area contributed by atoms with Gasteiger partial charge in [-0.3, -0.25) is 0 Å². The second kappa shape index (κ2) is 6.86. The number of halogens is 1. The number of nitrogens with zero attached hydrogens (tertiary/aromatic N) is 1. The van der Waals surface area contributed by atoms with E-state index in [4.69, 9.17) is 5.11 Å². The molecule has 0 aliphatic carbocycles. The third kappa shape index (κ3) is 3.30. The molecule has 1 N–H and O–H groups in total. The average molecular weight is 409 g/mol. The van der Waals surface area contributed by atoms with E-state index in [1.54, 1.807) is 24.3 Å². The maximum absolute atomic E-state index is 13.9. The standard InChI is InChI=1S/C22H16FNO4S/c1-14-2-9-18(10-3-14)29(27,28)24-13-20(19-11-8-17(23)12-21(19)24)15-4-6-16(7-5-15)22(25)26/h2-13H,1H3,(H,25,26). The quantitative estimate of drug-likeness (QED) is 0.530. The number of aromatic nitrogens is 1. The van der Waals surface area contributed by atoms with Crippen molar-refractivity contribution in [3.8, 4) is 11.1 Å². The molecule has 0 saturated heterocycles. The lowest BCUT2D eigenvalue weighted by Gasteiger charge is -2.08. The summed E-state index contributed by atoms with van der Waals surface area (Å²) >= 11 is 0. The second-order valence-electron chi connectivity index (χ2n) is 6.70. The normalized spacial score (nSPS) is 11.7. The third-order valence-electron chi connectivity index (χ3n) is 4.75. The van der Waals surface area contributed by atoms with Gasteiger partial charge in [0, 0.05) is 17.1 Å². The van der Waals surface area contributed by atoms with Crippen LogP contribution in [-0.4, -0.2) is 23.5 Å². The summed E-state index contributed by atoms with van der Waals surface area (Å²) < 4.78 is 41.4. The Labute approximate surface area is 166 Å². The Hall–Kier alpha value is -3.45. The summed E-state index contributed by atoms with van der Waals surface area (Å²) in [5.41, 5.74) is 2.45.